The topological polar surface area (TPSA) is 103 Å². The summed E-state index contributed by atoms with van der Waals surface area (Å²) < 4.78 is 26.3. The minimum absolute atomic E-state index is 0.0434. The third-order valence-electron chi connectivity index (χ3n) is 3.64. The summed E-state index contributed by atoms with van der Waals surface area (Å²) in [5.41, 5.74) is -0.973. The molecule has 1 aromatic rings. The number of carbonyl (C=O) groups is 1. The summed E-state index contributed by atoms with van der Waals surface area (Å²) in [6.45, 7) is 3.28. The Kier molecular flexibility index (Phi) is 3.40. The highest BCUT2D eigenvalue weighted by Crippen LogP contribution is 2.33. The lowest BCUT2D eigenvalue weighted by Crippen LogP contribution is -2.57. The molecule has 1 aliphatic heterocycles. The Morgan fingerprint density at radius 2 is 2.21 bits per heavy atom. The SMILES string of the molecule is Cc1[nH]ncc1S(=O)(=O)N1CCCCC1(C)C(=O)O. The molecule has 1 saturated heterocycles. The summed E-state index contributed by atoms with van der Waals surface area (Å²) in [7, 11) is -3.84. The van der Waals surface area contributed by atoms with Crippen molar-refractivity contribution in [2.45, 2.75) is 43.5 Å². The molecule has 8 heteroatoms. The van der Waals surface area contributed by atoms with Gasteiger partial charge in [0.15, 0.2) is 0 Å². The number of aryl methyl sites for hydroxylation is 1. The van der Waals surface area contributed by atoms with E-state index in [1.54, 1.807) is 6.92 Å². The average Bonchev–Trinajstić information content (AvgIpc) is 2.76. The Labute approximate surface area is 111 Å². The molecule has 2 N–H and O–H groups in total. The van der Waals surface area contributed by atoms with E-state index >= 15 is 0 Å². The van der Waals surface area contributed by atoms with E-state index < -0.39 is 21.5 Å². The van der Waals surface area contributed by atoms with Crippen molar-refractivity contribution in [2.24, 2.45) is 0 Å². The number of carboxylic acids is 1. The van der Waals surface area contributed by atoms with Gasteiger partial charge in [-0.15, -0.1) is 0 Å². The van der Waals surface area contributed by atoms with E-state index in [2.05, 4.69) is 10.2 Å². The van der Waals surface area contributed by atoms with Gasteiger partial charge in [0.25, 0.3) is 0 Å². The number of aliphatic carboxylic acids is 1. The van der Waals surface area contributed by atoms with Crippen molar-refractivity contribution in [3.8, 4) is 0 Å². The zero-order valence-corrected chi connectivity index (χ0v) is 11.7. The van der Waals surface area contributed by atoms with Crippen LogP contribution in [-0.4, -0.2) is 46.1 Å². The van der Waals surface area contributed by atoms with E-state index in [1.807, 2.05) is 0 Å². The Hall–Kier alpha value is -1.41. The van der Waals surface area contributed by atoms with Gasteiger partial charge < -0.3 is 5.11 Å². The van der Waals surface area contributed by atoms with Gasteiger partial charge in [-0.2, -0.15) is 9.40 Å². The van der Waals surface area contributed by atoms with Crippen molar-refractivity contribution < 1.29 is 18.3 Å². The monoisotopic (exact) mass is 287 g/mol. The fourth-order valence-corrected chi connectivity index (χ4v) is 4.34. The molecule has 7 nitrogen and oxygen atoms in total. The normalized spacial score (nSPS) is 25.4. The van der Waals surface area contributed by atoms with Crippen LogP contribution in [0.1, 0.15) is 31.9 Å². The second-order valence-corrected chi connectivity index (χ2v) is 6.80. The van der Waals surface area contributed by atoms with Crippen LogP contribution in [0.4, 0.5) is 0 Å². The number of nitrogens with zero attached hydrogens (tertiary/aromatic N) is 2. The van der Waals surface area contributed by atoms with Gasteiger partial charge in [-0.05, 0) is 33.1 Å². The first-order valence-electron chi connectivity index (χ1n) is 6.06. The molecule has 0 saturated carbocycles. The van der Waals surface area contributed by atoms with Crippen LogP contribution >= 0.6 is 0 Å². The number of hydrogen-bond donors (Lipinski definition) is 2. The van der Waals surface area contributed by atoms with Gasteiger partial charge in [0, 0.05) is 6.54 Å². The molecule has 1 fully saturated rings. The highest BCUT2D eigenvalue weighted by atomic mass is 32.2. The molecule has 0 bridgehead atoms. The van der Waals surface area contributed by atoms with Crippen LogP contribution in [0, 0.1) is 6.92 Å². The summed E-state index contributed by atoms with van der Waals surface area (Å²) in [5.74, 6) is -1.11. The van der Waals surface area contributed by atoms with Crippen molar-refractivity contribution >= 4 is 16.0 Å². The summed E-state index contributed by atoms with van der Waals surface area (Å²) in [6, 6.07) is 0. The minimum atomic E-state index is -3.84. The molecule has 1 unspecified atom stereocenters. The zero-order chi connectivity index (χ0) is 14.3. The second kappa shape index (κ2) is 4.61. The van der Waals surface area contributed by atoms with Gasteiger partial charge >= 0.3 is 5.97 Å². The number of rotatable bonds is 3. The number of carboxylic acid groups (broad SMARTS) is 1. The molecule has 0 amide bonds. The van der Waals surface area contributed by atoms with Gasteiger partial charge in [-0.1, -0.05) is 0 Å². The molecular formula is C11H17N3O4S. The van der Waals surface area contributed by atoms with Crippen LogP contribution in [0.3, 0.4) is 0 Å². The van der Waals surface area contributed by atoms with Crippen LogP contribution in [-0.2, 0) is 14.8 Å². The predicted octanol–water partition coefficient (Wildman–Crippen LogP) is 0.736. The van der Waals surface area contributed by atoms with Crippen LogP contribution in [0.15, 0.2) is 11.1 Å². The smallest absolute Gasteiger partial charge is 0.324 e. The summed E-state index contributed by atoms with van der Waals surface area (Å²) >= 11 is 0. The number of hydrogen-bond acceptors (Lipinski definition) is 4. The fraction of sp³-hybridized carbons (Fsp3) is 0.636. The maximum atomic E-state index is 12.6. The molecule has 0 radical (unpaired) electrons. The largest absolute Gasteiger partial charge is 0.480 e. The molecule has 0 spiro atoms. The van der Waals surface area contributed by atoms with Crippen molar-refractivity contribution in [3.63, 3.8) is 0 Å². The quantitative estimate of drug-likeness (QED) is 0.853. The number of aromatic amines is 1. The van der Waals surface area contributed by atoms with E-state index in [0.717, 1.165) is 4.31 Å². The number of aromatic nitrogens is 2. The van der Waals surface area contributed by atoms with E-state index in [1.165, 1.54) is 13.1 Å². The standard InChI is InChI=1S/C11H17N3O4S/c1-8-9(7-12-13-8)19(17,18)14-6-4-3-5-11(14,2)10(15)16/h7H,3-6H2,1-2H3,(H,12,13)(H,15,16). The molecule has 1 atom stereocenters. The van der Waals surface area contributed by atoms with Crippen molar-refractivity contribution in [2.75, 3.05) is 6.54 Å². The molecule has 106 valence electrons. The molecule has 2 rings (SSSR count). The van der Waals surface area contributed by atoms with Crippen LogP contribution in [0.2, 0.25) is 0 Å². The molecule has 0 aliphatic carbocycles. The molecule has 1 aliphatic rings. The van der Waals surface area contributed by atoms with E-state index in [9.17, 15) is 18.3 Å². The Balaban J connectivity index is 2.49. The molecule has 2 heterocycles. The fourth-order valence-electron chi connectivity index (χ4n) is 2.41. The third kappa shape index (κ3) is 2.14. The lowest BCUT2D eigenvalue weighted by atomic mass is 9.91. The Morgan fingerprint density at radius 1 is 1.53 bits per heavy atom. The summed E-state index contributed by atoms with van der Waals surface area (Å²) in [4.78, 5) is 11.5. The van der Waals surface area contributed by atoms with E-state index in [-0.39, 0.29) is 11.4 Å². The Bertz CT molecular complexity index is 595. The first-order valence-corrected chi connectivity index (χ1v) is 7.50. The molecule has 1 aromatic heterocycles. The number of H-pyrrole nitrogens is 1. The van der Waals surface area contributed by atoms with E-state index in [0.29, 0.717) is 25.0 Å². The lowest BCUT2D eigenvalue weighted by molar-refractivity contribution is -0.149. The first-order chi connectivity index (χ1) is 8.80. The lowest BCUT2D eigenvalue weighted by Gasteiger charge is -2.40. The number of piperidine rings is 1. The summed E-state index contributed by atoms with van der Waals surface area (Å²) in [5, 5.41) is 15.6. The second-order valence-electron chi connectivity index (χ2n) is 4.97. The maximum Gasteiger partial charge on any atom is 0.324 e. The Morgan fingerprint density at radius 3 is 2.74 bits per heavy atom. The highest BCUT2D eigenvalue weighted by Gasteiger charge is 2.48. The van der Waals surface area contributed by atoms with Crippen molar-refractivity contribution in [3.05, 3.63) is 11.9 Å². The minimum Gasteiger partial charge on any atom is -0.480 e. The number of nitrogens with one attached hydrogen (secondary N) is 1. The highest BCUT2D eigenvalue weighted by molar-refractivity contribution is 7.89. The van der Waals surface area contributed by atoms with Gasteiger partial charge in [0.05, 0.1) is 11.9 Å². The van der Waals surface area contributed by atoms with Gasteiger partial charge in [0.1, 0.15) is 10.4 Å². The van der Waals surface area contributed by atoms with Gasteiger partial charge in [-0.25, -0.2) is 8.42 Å². The molecule has 0 aromatic carbocycles. The van der Waals surface area contributed by atoms with Gasteiger partial charge in [0.2, 0.25) is 10.0 Å². The predicted molar refractivity (Wildman–Crippen MR) is 67.1 cm³/mol. The summed E-state index contributed by atoms with van der Waals surface area (Å²) in [6.07, 6.45) is 2.91. The van der Waals surface area contributed by atoms with Crippen LogP contribution in [0.5, 0.6) is 0 Å². The third-order valence-corrected chi connectivity index (χ3v) is 5.77. The molecular weight excluding hydrogens is 270 g/mol. The van der Waals surface area contributed by atoms with Crippen LogP contribution in [0.25, 0.3) is 0 Å². The van der Waals surface area contributed by atoms with Gasteiger partial charge in [-0.3, -0.25) is 9.89 Å². The maximum absolute atomic E-state index is 12.6. The van der Waals surface area contributed by atoms with Crippen LogP contribution < -0.4 is 0 Å². The average molecular weight is 287 g/mol. The number of sulfonamides is 1. The molecule has 19 heavy (non-hydrogen) atoms. The van der Waals surface area contributed by atoms with Crippen molar-refractivity contribution in [1.29, 1.82) is 0 Å². The zero-order valence-electron chi connectivity index (χ0n) is 10.9. The first kappa shape index (κ1) is 14.0. The van der Waals surface area contributed by atoms with E-state index in [4.69, 9.17) is 0 Å². The van der Waals surface area contributed by atoms with Crippen molar-refractivity contribution in [1.82, 2.24) is 14.5 Å².